The van der Waals surface area contributed by atoms with Gasteiger partial charge in [0.25, 0.3) is 5.91 Å². The van der Waals surface area contributed by atoms with Gasteiger partial charge in [0, 0.05) is 41.8 Å². The Kier molecular flexibility index (Phi) is 5.45. The fourth-order valence-electron chi connectivity index (χ4n) is 3.87. The minimum absolute atomic E-state index is 0.0879. The van der Waals surface area contributed by atoms with Crippen LogP contribution in [0.5, 0.6) is 0 Å². The molecule has 5 nitrogen and oxygen atoms in total. The van der Waals surface area contributed by atoms with E-state index in [4.69, 9.17) is 5.73 Å². The van der Waals surface area contributed by atoms with Crippen molar-refractivity contribution < 1.29 is 4.79 Å². The lowest BCUT2D eigenvalue weighted by Crippen LogP contribution is -2.14. The molecule has 1 amide bonds. The number of aromatic nitrogens is 3. The number of H-pyrrole nitrogens is 1. The van der Waals surface area contributed by atoms with Gasteiger partial charge in [0.2, 0.25) is 0 Å². The van der Waals surface area contributed by atoms with Gasteiger partial charge in [-0.05, 0) is 29.9 Å². The van der Waals surface area contributed by atoms with Crippen LogP contribution in [-0.2, 0) is 24.8 Å². The molecule has 3 rings (SSSR count). The van der Waals surface area contributed by atoms with Gasteiger partial charge >= 0.3 is 0 Å². The number of carbonyl (C=O) groups is 1. The molecule has 0 fully saturated rings. The minimum Gasteiger partial charge on any atom is -0.366 e. The van der Waals surface area contributed by atoms with Gasteiger partial charge < -0.3 is 15.3 Å². The maximum absolute atomic E-state index is 12.3. The summed E-state index contributed by atoms with van der Waals surface area (Å²) in [5.74, 6) is -0.373. The molecule has 0 aliphatic rings. The van der Waals surface area contributed by atoms with Crippen molar-refractivity contribution in [1.82, 2.24) is 14.5 Å². The van der Waals surface area contributed by atoms with Crippen LogP contribution in [0.4, 0.5) is 0 Å². The fourth-order valence-corrected chi connectivity index (χ4v) is 3.87. The predicted molar refractivity (Wildman–Crippen MR) is 113 cm³/mol. The van der Waals surface area contributed by atoms with Crippen LogP contribution < -0.4 is 5.73 Å². The van der Waals surface area contributed by atoms with Crippen molar-refractivity contribution in [2.24, 2.45) is 5.73 Å². The Bertz CT molecular complexity index is 958. The third kappa shape index (κ3) is 3.75. The number of nitrogens with two attached hydrogens (primary N) is 1. The molecule has 0 aliphatic carbocycles. The van der Waals surface area contributed by atoms with E-state index in [2.05, 4.69) is 66.5 Å². The average molecular weight is 379 g/mol. The van der Waals surface area contributed by atoms with Crippen LogP contribution in [0.25, 0.3) is 11.1 Å². The van der Waals surface area contributed by atoms with Crippen molar-refractivity contribution in [1.29, 1.82) is 0 Å². The molecule has 2 aromatic heterocycles. The third-order valence-electron chi connectivity index (χ3n) is 5.41. The second-order valence-electron chi connectivity index (χ2n) is 8.31. The molecule has 0 unspecified atom stereocenters. The molecule has 3 aromatic rings. The minimum atomic E-state index is -0.373. The summed E-state index contributed by atoms with van der Waals surface area (Å²) in [5.41, 5.74) is 13.0. The number of imidazole rings is 1. The molecule has 0 atom stereocenters. The zero-order valence-electron chi connectivity index (χ0n) is 17.5. The van der Waals surface area contributed by atoms with E-state index in [-0.39, 0.29) is 11.3 Å². The predicted octanol–water partition coefficient (Wildman–Crippen LogP) is 4.39. The summed E-state index contributed by atoms with van der Waals surface area (Å²) in [6, 6.07) is 8.52. The van der Waals surface area contributed by atoms with Crippen LogP contribution >= 0.6 is 0 Å². The SMILES string of the molecule is CCc1c(-c2ccc(C(C)(C)C)cc2)c(C(N)=O)c(C)n1CCc1cnc[nH]1. The summed E-state index contributed by atoms with van der Waals surface area (Å²) in [7, 11) is 0. The number of nitrogens with zero attached hydrogens (tertiary/aromatic N) is 2. The molecule has 0 spiro atoms. The Morgan fingerprint density at radius 1 is 1.21 bits per heavy atom. The van der Waals surface area contributed by atoms with Gasteiger partial charge in [0.15, 0.2) is 0 Å². The zero-order valence-corrected chi connectivity index (χ0v) is 17.5. The van der Waals surface area contributed by atoms with Crippen molar-refractivity contribution in [2.75, 3.05) is 0 Å². The van der Waals surface area contributed by atoms with Crippen molar-refractivity contribution in [3.8, 4) is 11.1 Å². The Morgan fingerprint density at radius 2 is 1.89 bits per heavy atom. The van der Waals surface area contributed by atoms with E-state index in [1.807, 2.05) is 13.1 Å². The molecule has 28 heavy (non-hydrogen) atoms. The van der Waals surface area contributed by atoms with E-state index < -0.39 is 0 Å². The number of aryl methyl sites for hydroxylation is 1. The molecule has 0 aliphatic heterocycles. The number of benzene rings is 1. The number of hydrogen-bond donors (Lipinski definition) is 2. The van der Waals surface area contributed by atoms with E-state index in [0.29, 0.717) is 5.56 Å². The molecule has 0 bridgehead atoms. The lowest BCUT2D eigenvalue weighted by atomic mass is 9.86. The molecule has 0 saturated heterocycles. The van der Waals surface area contributed by atoms with Crippen molar-refractivity contribution in [3.05, 3.63) is 65.0 Å². The number of carbonyl (C=O) groups excluding carboxylic acids is 1. The highest BCUT2D eigenvalue weighted by atomic mass is 16.1. The Labute approximate surface area is 167 Å². The molecule has 148 valence electrons. The maximum atomic E-state index is 12.3. The molecule has 1 aromatic carbocycles. The highest BCUT2D eigenvalue weighted by Gasteiger charge is 2.24. The van der Waals surface area contributed by atoms with E-state index >= 15 is 0 Å². The first-order valence-corrected chi connectivity index (χ1v) is 9.84. The quantitative estimate of drug-likeness (QED) is 0.667. The number of primary amides is 1. The van der Waals surface area contributed by atoms with Crippen molar-refractivity contribution in [2.45, 2.75) is 59.4 Å². The number of nitrogens with one attached hydrogen (secondary N) is 1. The zero-order chi connectivity index (χ0) is 20.5. The molecular formula is C23H30N4O. The van der Waals surface area contributed by atoms with Crippen LogP contribution in [-0.4, -0.2) is 20.4 Å². The first kappa shape index (κ1) is 19.9. The van der Waals surface area contributed by atoms with Crippen LogP contribution in [0.1, 0.15) is 60.7 Å². The molecule has 5 heteroatoms. The monoisotopic (exact) mass is 378 g/mol. The normalized spacial score (nSPS) is 11.8. The summed E-state index contributed by atoms with van der Waals surface area (Å²) in [5, 5.41) is 0. The van der Waals surface area contributed by atoms with E-state index in [1.54, 1.807) is 6.33 Å². The lowest BCUT2D eigenvalue weighted by Gasteiger charge is -2.19. The second-order valence-corrected chi connectivity index (χ2v) is 8.31. The number of amides is 1. The van der Waals surface area contributed by atoms with E-state index in [0.717, 1.165) is 47.6 Å². The first-order valence-electron chi connectivity index (χ1n) is 9.84. The number of hydrogen-bond acceptors (Lipinski definition) is 2. The van der Waals surface area contributed by atoms with Crippen molar-refractivity contribution in [3.63, 3.8) is 0 Å². The topological polar surface area (TPSA) is 76.7 Å². The van der Waals surface area contributed by atoms with Crippen LogP contribution in [0.15, 0.2) is 36.8 Å². The van der Waals surface area contributed by atoms with Crippen molar-refractivity contribution >= 4 is 5.91 Å². The lowest BCUT2D eigenvalue weighted by molar-refractivity contribution is 0.1000. The highest BCUT2D eigenvalue weighted by molar-refractivity contribution is 6.02. The Balaban J connectivity index is 2.08. The summed E-state index contributed by atoms with van der Waals surface area (Å²) >= 11 is 0. The van der Waals surface area contributed by atoms with Gasteiger partial charge in [-0.15, -0.1) is 0 Å². The summed E-state index contributed by atoms with van der Waals surface area (Å²) < 4.78 is 2.23. The maximum Gasteiger partial charge on any atom is 0.251 e. The van der Waals surface area contributed by atoms with Crippen LogP contribution in [0.2, 0.25) is 0 Å². The van der Waals surface area contributed by atoms with Crippen LogP contribution in [0, 0.1) is 6.92 Å². The largest absolute Gasteiger partial charge is 0.366 e. The van der Waals surface area contributed by atoms with Gasteiger partial charge in [-0.2, -0.15) is 0 Å². The second kappa shape index (κ2) is 7.66. The summed E-state index contributed by atoms with van der Waals surface area (Å²) in [4.78, 5) is 19.6. The van der Waals surface area contributed by atoms with E-state index in [9.17, 15) is 4.79 Å². The van der Waals surface area contributed by atoms with Gasteiger partial charge in [-0.1, -0.05) is 52.0 Å². The number of rotatable bonds is 6. The van der Waals surface area contributed by atoms with Gasteiger partial charge in [-0.3, -0.25) is 4.79 Å². The first-order chi connectivity index (χ1) is 13.2. The van der Waals surface area contributed by atoms with Crippen LogP contribution in [0.3, 0.4) is 0 Å². The van der Waals surface area contributed by atoms with Gasteiger partial charge in [-0.25, -0.2) is 4.98 Å². The fraction of sp³-hybridized carbons (Fsp3) is 0.391. The Morgan fingerprint density at radius 3 is 2.39 bits per heavy atom. The molecule has 0 saturated carbocycles. The third-order valence-corrected chi connectivity index (χ3v) is 5.41. The Hall–Kier alpha value is -2.82. The molecular weight excluding hydrogens is 348 g/mol. The molecule has 3 N–H and O–H groups in total. The van der Waals surface area contributed by atoms with Gasteiger partial charge in [0.05, 0.1) is 11.9 Å². The summed E-state index contributed by atoms with van der Waals surface area (Å²) in [6.45, 7) is 11.5. The average Bonchev–Trinajstić information content (AvgIpc) is 3.25. The standard InChI is InChI=1S/C23H30N4O/c1-6-19-21(16-7-9-17(10-8-16)23(3,4)5)20(22(24)28)15(2)27(19)12-11-18-13-25-14-26-18/h7-10,13-14H,6,11-12H2,1-5H3,(H2,24,28)(H,25,26). The summed E-state index contributed by atoms with van der Waals surface area (Å²) in [6.07, 6.45) is 5.18. The number of aromatic amines is 1. The van der Waals surface area contributed by atoms with E-state index in [1.165, 1.54) is 5.56 Å². The molecule has 2 heterocycles. The smallest absolute Gasteiger partial charge is 0.251 e. The highest BCUT2D eigenvalue weighted by Crippen LogP contribution is 2.34. The molecule has 0 radical (unpaired) electrons. The van der Waals surface area contributed by atoms with Gasteiger partial charge in [0.1, 0.15) is 0 Å².